The Hall–Kier alpha value is -14.0. The predicted octanol–water partition coefficient (Wildman–Crippen LogP) is -1.87. The van der Waals surface area contributed by atoms with Gasteiger partial charge in [-0.15, -0.1) is 11.8 Å². The van der Waals surface area contributed by atoms with Gasteiger partial charge in [-0.05, 0) is 142 Å². The minimum absolute atomic E-state index is 0.0133. The normalized spacial score (nSPS) is 24.2. The van der Waals surface area contributed by atoms with Gasteiger partial charge in [0, 0.05) is 106 Å². The van der Waals surface area contributed by atoms with Gasteiger partial charge in [-0.25, -0.2) is 0 Å². The van der Waals surface area contributed by atoms with Crippen LogP contribution in [0, 0.1) is 11.3 Å². The zero-order valence-corrected chi connectivity index (χ0v) is 81.7. The number of aliphatic hydroxyl groups excluding tert-OH is 2. The zero-order chi connectivity index (χ0) is 103. The van der Waals surface area contributed by atoms with E-state index in [1.54, 1.807) is 92.8 Å². The smallest absolute Gasteiger partial charge is 0.246 e. The van der Waals surface area contributed by atoms with Gasteiger partial charge < -0.3 is 136 Å². The van der Waals surface area contributed by atoms with Crippen molar-refractivity contribution in [3.05, 3.63) is 120 Å². The van der Waals surface area contributed by atoms with E-state index in [2.05, 4.69) is 68.5 Å². The van der Waals surface area contributed by atoms with Crippen molar-refractivity contribution < 1.29 is 102 Å². The Morgan fingerprint density at radius 3 is 1.78 bits per heavy atom. The van der Waals surface area contributed by atoms with Gasteiger partial charge in [0.2, 0.25) is 100 Å². The fourth-order valence-electron chi connectivity index (χ4n) is 17.5. The second kappa shape index (κ2) is 52.9. The van der Waals surface area contributed by atoms with Crippen LogP contribution in [0.15, 0.2) is 103 Å². The number of hydrogen-bond donors (Lipinski definition) is 21. The molecule has 45 heteroatoms. The van der Waals surface area contributed by atoms with E-state index >= 15 is 38.4 Å². The number of nitrogens with one attached hydrogen (secondary N) is 14. The lowest BCUT2D eigenvalue weighted by molar-refractivity contribution is -0.149. The molecular formula is C96H135N23O21S. The Morgan fingerprint density at radius 2 is 1.13 bits per heavy atom. The number of thioether (sulfide) groups is 1. The van der Waals surface area contributed by atoms with Crippen LogP contribution in [0.2, 0.25) is 0 Å². The van der Waals surface area contributed by atoms with Crippen LogP contribution in [0.4, 0.5) is 0 Å². The number of unbranched alkanes of at least 4 members (excludes halogenated alkanes) is 2. The molecule has 3 saturated heterocycles. The number of phenolic OH excluding ortho intramolecular Hbond substituents is 1. The first kappa shape index (κ1) is 111. The number of nitrogens with two attached hydrogens (primary N) is 4. The number of ether oxygens (including phenoxy) is 1. The number of H-pyrrole nitrogens is 2. The highest BCUT2D eigenvalue weighted by molar-refractivity contribution is 8.00. The molecule has 17 amide bonds. The van der Waals surface area contributed by atoms with E-state index < -0.39 is 241 Å². The van der Waals surface area contributed by atoms with E-state index in [9.17, 15) is 58.5 Å². The van der Waals surface area contributed by atoms with E-state index in [0.717, 1.165) is 36.3 Å². The van der Waals surface area contributed by atoms with Crippen molar-refractivity contribution in [3.8, 4) is 22.8 Å². The standard InChI is InChI=1S/C96H135N23O21S/c1-10-12-25-74-88(132)107-65(24-18-38-102-96(100)101)84(128)114-73(83(127)104-47-79(99)124)50-141-51-80(125)105-69(41-54-28-32-57(121)33-29-54)91(135)115(6)53(5)82(126)110-71(45-78(98)123)93(137)118-39-19-27-75(118)89(133)108-66(36-37-97)85(129)111-68(40-52(3)4)94(138)119-48-58(122)43-77(119)90(134)109-67(42-56-46-103-63-22-16-14-20-60(56)63)86(130)113-72(49-120)87(131)112-70(92(136)117(8)76(26-13-11-2)95(139)116(74)7)44-62-61-21-15-17-23-64(61)106-81(62)55-30-34-59(140-9)35-31-55/h14-17,20-23,28-35,46,52-53,58,65-77,103,106,120-122H,10-13,18-19,24-27,36-45,47-51,97H2,1-9H3,(H2,98,123)(H2,99,124)(H,104,127)(H,105,125)(H,107,132)(H,108,133)(H,109,134)(H,110,126)(H,111,129)(H,112,131)(H,113,130)(H,114,128)(H4,100,101,102)/t53-,58+,65?,66-,67-,68-,69-,70-,71-,72-,73-,74-,75-,76-,77-/m0/s1. The van der Waals surface area contributed by atoms with Gasteiger partial charge >= 0.3 is 0 Å². The number of aromatic hydroxyl groups is 1. The molecule has 0 bridgehead atoms. The molecule has 0 aliphatic carbocycles. The number of phenols is 1. The number of carbonyl (C=O) groups excluding carboxylic acids is 17. The summed E-state index contributed by atoms with van der Waals surface area (Å²) in [6, 6.07) is 4.55. The van der Waals surface area contributed by atoms with Gasteiger partial charge in [0.05, 0.1) is 38.5 Å². The molecule has 15 atom stereocenters. The average Bonchev–Trinajstić information content (AvgIpc) is 1.63. The molecule has 3 aliphatic heterocycles. The lowest BCUT2D eigenvalue weighted by Crippen LogP contribution is -2.62. The second-order valence-corrected chi connectivity index (χ2v) is 37.2. The van der Waals surface area contributed by atoms with E-state index in [0.29, 0.717) is 81.2 Å². The SMILES string of the molecule is CCCC[C@H]1C(=O)N(C)[C@@H](CCCC)C(=O)NC(CCCNC(=N)N)C(=O)N[C@H](C(=O)NCC(N)=O)CSCC(=O)N[C@@H](Cc2ccc(O)cc2)C(=O)N(C)[C@@H](C)C(=O)N[C@@H](CC(N)=O)C(=O)N2CCC[C@H]2C(=O)N[C@@H](CCN)C(=O)N[C@@H](CC(C)C)C(=O)N2C[C@H](O)C[C@H]2C(=O)N[C@@H](Cc2c[nH]c3ccccc23)C(=O)N[C@@H](CO)C(=O)N[C@@H](Cc2c(-c3ccc(OC)cc3)[nH]c3ccccc23)C(=O)N1C. The van der Waals surface area contributed by atoms with E-state index in [-0.39, 0.29) is 102 Å². The van der Waals surface area contributed by atoms with E-state index in [1.165, 1.54) is 59.4 Å². The van der Waals surface area contributed by atoms with Crippen molar-refractivity contribution >= 4 is 140 Å². The summed E-state index contributed by atoms with van der Waals surface area (Å²) in [4.78, 5) is 264. The lowest BCUT2D eigenvalue weighted by Gasteiger charge is -2.36. The molecule has 0 radical (unpaired) electrons. The fraction of sp³-hybridized carbons (Fsp3) is 0.521. The molecule has 3 aliphatic rings. The van der Waals surface area contributed by atoms with Crippen molar-refractivity contribution in [3.63, 3.8) is 0 Å². The number of aromatic nitrogens is 2. The van der Waals surface area contributed by atoms with Crippen LogP contribution in [0.1, 0.15) is 141 Å². The third-order valence-corrected chi connectivity index (χ3v) is 26.3. The van der Waals surface area contributed by atoms with Crippen LogP contribution in [0.25, 0.3) is 33.1 Å². The molecule has 1 unspecified atom stereocenters. The van der Waals surface area contributed by atoms with E-state index in [4.69, 9.17) is 33.1 Å². The maximum absolute atomic E-state index is 16.2. The number of para-hydroxylation sites is 2. The maximum Gasteiger partial charge on any atom is 0.246 e. The number of guanidine groups is 1. The highest BCUT2D eigenvalue weighted by Crippen LogP contribution is 2.34. The molecule has 2 aromatic heterocycles. The number of amides is 17. The second-order valence-electron chi connectivity index (χ2n) is 36.2. The highest BCUT2D eigenvalue weighted by Gasteiger charge is 2.47. The minimum Gasteiger partial charge on any atom is -0.508 e. The first-order valence-electron chi connectivity index (χ1n) is 47.4. The number of aliphatic hydroxyl groups is 2. The number of benzene rings is 4. The summed E-state index contributed by atoms with van der Waals surface area (Å²) in [5.74, 6) is -17.7. The number of carbonyl (C=O) groups is 17. The molecule has 141 heavy (non-hydrogen) atoms. The Balaban J connectivity index is 1.13. The summed E-state index contributed by atoms with van der Waals surface area (Å²) in [5, 5.41) is 71.4. The molecule has 44 nitrogen and oxygen atoms in total. The van der Waals surface area contributed by atoms with Gasteiger partial charge in [0.25, 0.3) is 0 Å². The number of methoxy groups -OCH3 is 1. The van der Waals surface area contributed by atoms with Gasteiger partial charge in [0.15, 0.2) is 5.96 Å². The van der Waals surface area contributed by atoms with Crippen molar-refractivity contribution in [2.75, 3.05) is 79.1 Å². The van der Waals surface area contributed by atoms with Crippen LogP contribution in [0.3, 0.4) is 0 Å². The summed E-state index contributed by atoms with van der Waals surface area (Å²) < 4.78 is 5.51. The topological polar surface area (TPSA) is 668 Å². The van der Waals surface area contributed by atoms with Crippen molar-refractivity contribution in [1.29, 1.82) is 5.41 Å². The molecule has 6 aromatic rings. The number of rotatable bonds is 28. The fourth-order valence-corrected chi connectivity index (χ4v) is 18.4. The monoisotopic (exact) mass is 1980 g/mol. The minimum atomic E-state index is -1.94. The summed E-state index contributed by atoms with van der Waals surface area (Å²) in [6.07, 6.45) is -0.872. The number of aromatic amines is 2. The molecule has 0 spiro atoms. The number of primary amides is 2. The van der Waals surface area contributed by atoms with Crippen LogP contribution in [-0.4, -0.2) is 326 Å². The molecule has 5 heterocycles. The van der Waals surface area contributed by atoms with Gasteiger partial charge in [-0.3, -0.25) is 86.9 Å². The molecular weight excluding hydrogens is 1840 g/mol. The largest absolute Gasteiger partial charge is 0.508 e. The number of nitrogens with zero attached hydrogens (tertiary/aromatic N) is 5. The molecule has 25 N–H and O–H groups in total. The lowest BCUT2D eigenvalue weighted by atomic mass is 9.96. The van der Waals surface area contributed by atoms with Crippen molar-refractivity contribution in [1.82, 2.24) is 93.0 Å². The number of likely N-dealkylation sites (N-methyl/N-ethyl adjacent to an activating group) is 3. The van der Waals surface area contributed by atoms with Crippen LogP contribution in [0.5, 0.6) is 11.5 Å². The third kappa shape index (κ3) is 30.5. The predicted molar refractivity (Wildman–Crippen MR) is 523 cm³/mol. The molecule has 3 fully saturated rings. The van der Waals surface area contributed by atoms with Crippen LogP contribution in [-0.2, 0) is 101 Å². The van der Waals surface area contributed by atoms with E-state index in [1.807, 2.05) is 13.8 Å². The van der Waals surface area contributed by atoms with Gasteiger partial charge in [-0.2, -0.15) is 0 Å². The van der Waals surface area contributed by atoms with Gasteiger partial charge in [-0.1, -0.05) is 102 Å². The first-order chi connectivity index (χ1) is 67.2. The van der Waals surface area contributed by atoms with Crippen molar-refractivity contribution in [2.24, 2.45) is 28.9 Å². The Labute approximate surface area is 820 Å². The molecule has 4 aromatic carbocycles. The summed E-state index contributed by atoms with van der Waals surface area (Å²) in [5.41, 5.74) is 26.6. The highest BCUT2D eigenvalue weighted by atomic mass is 32.2. The van der Waals surface area contributed by atoms with Gasteiger partial charge in [0.1, 0.15) is 96.1 Å². The van der Waals surface area contributed by atoms with Crippen LogP contribution < -0.4 is 86.2 Å². The quantitative estimate of drug-likeness (QED) is 0.0145. The summed E-state index contributed by atoms with van der Waals surface area (Å²) >= 11 is 0.757. The summed E-state index contributed by atoms with van der Waals surface area (Å²) in [7, 11) is 5.40. The average molecular weight is 1980 g/mol. The molecule has 0 saturated carbocycles. The first-order valence-corrected chi connectivity index (χ1v) is 48.5. The summed E-state index contributed by atoms with van der Waals surface area (Å²) in [6.45, 7) is 5.72. The zero-order valence-electron chi connectivity index (χ0n) is 80.9. The maximum atomic E-state index is 16.2. The number of fused-ring (bicyclic) bond motifs is 4. The third-order valence-electron chi connectivity index (χ3n) is 25.3. The molecule has 766 valence electrons. The number of hydrogen-bond acceptors (Lipinski definition) is 24. The Morgan fingerprint density at radius 1 is 0.567 bits per heavy atom. The van der Waals surface area contributed by atoms with Crippen molar-refractivity contribution in [2.45, 2.75) is 234 Å². The Bertz CT molecular complexity index is 5450. The van der Waals surface area contributed by atoms with Crippen LogP contribution >= 0.6 is 11.8 Å². The molecule has 9 rings (SSSR count). The Kier molecular flexibility index (Phi) is 41.5.